The second-order valence-electron chi connectivity index (χ2n) is 11.7. The van der Waals surface area contributed by atoms with Crippen LogP contribution in [-0.4, -0.2) is 48.7 Å². The van der Waals surface area contributed by atoms with Crippen molar-refractivity contribution in [1.82, 2.24) is 10.2 Å². The van der Waals surface area contributed by atoms with Crippen molar-refractivity contribution in [2.75, 3.05) is 10.8 Å². The van der Waals surface area contributed by atoms with Gasteiger partial charge in [0.05, 0.1) is 15.5 Å². The van der Waals surface area contributed by atoms with Crippen LogP contribution in [0.4, 0.5) is 11.4 Å². The zero-order valence-corrected chi connectivity index (χ0v) is 27.0. The van der Waals surface area contributed by atoms with Gasteiger partial charge >= 0.3 is 0 Å². The van der Waals surface area contributed by atoms with Crippen LogP contribution in [0.1, 0.15) is 42.4 Å². The molecule has 10 nitrogen and oxygen atoms in total. The fourth-order valence-electron chi connectivity index (χ4n) is 5.88. The third-order valence-corrected chi connectivity index (χ3v) is 10.3. The van der Waals surface area contributed by atoms with E-state index in [4.69, 9.17) is 0 Å². The minimum Gasteiger partial charge on any atom is -0.352 e. The summed E-state index contributed by atoms with van der Waals surface area (Å²) in [6.45, 7) is 1.36. The first-order valence-corrected chi connectivity index (χ1v) is 17.1. The number of anilines is 1. The fourth-order valence-corrected chi connectivity index (χ4v) is 7.32. The lowest BCUT2D eigenvalue weighted by Crippen LogP contribution is -2.54. The van der Waals surface area contributed by atoms with Gasteiger partial charge in [0.2, 0.25) is 11.8 Å². The minimum atomic E-state index is -4.30. The highest BCUT2D eigenvalue weighted by Crippen LogP contribution is 2.27. The monoisotopic (exact) mass is 654 g/mol. The van der Waals surface area contributed by atoms with Crippen molar-refractivity contribution in [3.8, 4) is 0 Å². The summed E-state index contributed by atoms with van der Waals surface area (Å²) in [6.07, 6.45) is 3.97. The van der Waals surface area contributed by atoms with Crippen molar-refractivity contribution < 1.29 is 22.9 Å². The number of nitrogens with one attached hydrogen (secondary N) is 1. The molecule has 1 saturated carbocycles. The van der Waals surface area contributed by atoms with Gasteiger partial charge in [-0.15, -0.1) is 0 Å². The first-order valence-electron chi connectivity index (χ1n) is 15.6. The molecule has 0 spiro atoms. The van der Waals surface area contributed by atoms with Crippen LogP contribution in [0.3, 0.4) is 0 Å². The number of nitrogens with zero attached hydrogens (tertiary/aromatic N) is 3. The summed E-state index contributed by atoms with van der Waals surface area (Å²) in [5.74, 6) is -0.885. The Kier molecular flexibility index (Phi) is 10.7. The summed E-state index contributed by atoms with van der Waals surface area (Å²) < 4.78 is 29.1. The van der Waals surface area contributed by atoms with Crippen LogP contribution in [0.25, 0.3) is 0 Å². The molecule has 1 aliphatic carbocycles. The van der Waals surface area contributed by atoms with Crippen molar-refractivity contribution >= 4 is 33.2 Å². The van der Waals surface area contributed by atoms with Gasteiger partial charge in [0.15, 0.2) is 0 Å². The number of nitro benzene ring substituents is 1. The summed E-state index contributed by atoms with van der Waals surface area (Å²) in [5, 5.41) is 14.5. The van der Waals surface area contributed by atoms with E-state index in [2.05, 4.69) is 5.32 Å². The lowest BCUT2D eigenvalue weighted by atomic mass is 10.0. The molecule has 244 valence electrons. The van der Waals surface area contributed by atoms with E-state index in [1.165, 1.54) is 41.3 Å². The molecule has 1 N–H and O–H groups in total. The zero-order chi connectivity index (χ0) is 33.4. The highest BCUT2D eigenvalue weighted by atomic mass is 32.2. The average Bonchev–Trinajstić information content (AvgIpc) is 3.60. The molecule has 5 rings (SSSR count). The van der Waals surface area contributed by atoms with Gasteiger partial charge in [0.1, 0.15) is 12.6 Å². The van der Waals surface area contributed by atoms with Gasteiger partial charge < -0.3 is 10.2 Å². The largest absolute Gasteiger partial charge is 0.352 e. The third-order valence-electron chi connectivity index (χ3n) is 8.53. The number of benzene rings is 4. The number of carbonyl (C=O) groups excluding carboxylic acids is 2. The highest BCUT2D eigenvalue weighted by Gasteiger charge is 2.35. The number of rotatable bonds is 13. The summed E-state index contributed by atoms with van der Waals surface area (Å²) >= 11 is 0. The Morgan fingerprint density at radius 3 is 2.09 bits per heavy atom. The molecule has 0 saturated heterocycles. The molecule has 0 aliphatic heterocycles. The summed E-state index contributed by atoms with van der Waals surface area (Å²) in [6, 6.07) is 28.8. The van der Waals surface area contributed by atoms with Crippen molar-refractivity contribution in [3.05, 3.63) is 136 Å². The number of amides is 2. The molecule has 4 aromatic carbocycles. The second-order valence-corrected chi connectivity index (χ2v) is 13.6. The molecule has 1 atom stereocenters. The number of hydrogen-bond acceptors (Lipinski definition) is 6. The standard InChI is InChI=1S/C36H38N4O6S/c1-27-12-8-9-15-29(27)25-38(34(24-28-13-4-2-5-14-28)36(42)37-30-16-10-11-17-30)35(41)26-39(31-20-22-32(23-21-31)40(43)44)47(45,46)33-18-6-3-7-19-33/h2-9,12-15,18-23,30,34H,10-11,16-17,24-26H2,1H3,(H,37,42)/t34-/m1/s1. The van der Waals surface area contributed by atoms with E-state index >= 15 is 0 Å². The number of aryl methyl sites for hydroxylation is 1. The first kappa shape index (κ1) is 33.3. The first-order chi connectivity index (χ1) is 22.6. The fraction of sp³-hybridized carbons (Fsp3) is 0.278. The number of carbonyl (C=O) groups is 2. The third kappa shape index (κ3) is 8.23. The van der Waals surface area contributed by atoms with Gasteiger partial charge in [-0.2, -0.15) is 0 Å². The van der Waals surface area contributed by atoms with Gasteiger partial charge in [0.25, 0.3) is 15.7 Å². The van der Waals surface area contributed by atoms with E-state index in [0.717, 1.165) is 46.7 Å². The molecule has 47 heavy (non-hydrogen) atoms. The summed E-state index contributed by atoms with van der Waals surface area (Å²) in [7, 11) is -4.30. The van der Waals surface area contributed by atoms with Crippen LogP contribution in [0.15, 0.2) is 114 Å². The molecule has 0 radical (unpaired) electrons. The summed E-state index contributed by atoms with van der Waals surface area (Å²) in [4.78, 5) is 40.9. The van der Waals surface area contributed by atoms with Crippen molar-refractivity contribution in [1.29, 1.82) is 0 Å². The lowest BCUT2D eigenvalue weighted by Gasteiger charge is -2.34. The van der Waals surface area contributed by atoms with Crippen LogP contribution in [0.2, 0.25) is 0 Å². The van der Waals surface area contributed by atoms with Crippen molar-refractivity contribution in [2.45, 2.75) is 62.6 Å². The minimum absolute atomic E-state index is 0.00579. The highest BCUT2D eigenvalue weighted by molar-refractivity contribution is 7.92. The number of non-ortho nitro benzene ring substituents is 1. The molecule has 4 aromatic rings. The predicted molar refractivity (Wildman–Crippen MR) is 180 cm³/mol. The average molecular weight is 655 g/mol. The van der Waals surface area contributed by atoms with Crippen molar-refractivity contribution in [2.24, 2.45) is 0 Å². The molecule has 0 aromatic heterocycles. The number of nitro groups is 1. The maximum absolute atomic E-state index is 14.6. The number of hydrogen-bond donors (Lipinski definition) is 1. The molecule has 1 aliphatic rings. The van der Waals surface area contributed by atoms with Crippen molar-refractivity contribution in [3.63, 3.8) is 0 Å². The maximum Gasteiger partial charge on any atom is 0.269 e. The predicted octanol–water partition coefficient (Wildman–Crippen LogP) is 5.80. The Balaban J connectivity index is 1.57. The quantitative estimate of drug-likeness (QED) is 0.143. The second kappa shape index (κ2) is 15.0. The Morgan fingerprint density at radius 1 is 0.872 bits per heavy atom. The Labute approximate surface area is 275 Å². The van der Waals surface area contributed by atoms with E-state index in [-0.39, 0.29) is 41.2 Å². The van der Waals surface area contributed by atoms with Crippen LogP contribution < -0.4 is 9.62 Å². The SMILES string of the molecule is Cc1ccccc1CN(C(=O)CN(c1ccc([N+](=O)[O-])cc1)S(=O)(=O)c1ccccc1)[C@H](Cc1ccccc1)C(=O)NC1CCCC1. The normalized spacial score (nSPS) is 13.9. The zero-order valence-electron chi connectivity index (χ0n) is 26.2. The van der Waals surface area contributed by atoms with Gasteiger partial charge in [-0.25, -0.2) is 8.42 Å². The Bertz CT molecular complexity index is 1790. The molecule has 0 bridgehead atoms. The van der Waals surface area contributed by atoms with Crippen LogP contribution >= 0.6 is 0 Å². The smallest absolute Gasteiger partial charge is 0.269 e. The van der Waals surface area contributed by atoms with E-state index in [0.29, 0.717) is 0 Å². The van der Waals surface area contributed by atoms with E-state index in [9.17, 15) is 28.1 Å². The maximum atomic E-state index is 14.6. The van der Waals surface area contributed by atoms with Crippen LogP contribution in [0.5, 0.6) is 0 Å². The lowest BCUT2D eigenvalue weighted by molar-refractivity contribution is -0.384. The Hall–Kier alpha value is -5.03. The van der Waals surface area contributed by atoms with Gasteiger partial charge in [0, 0.05) is 31.1 Å². The molecular formula is C36H38N4O6S. The van der Waals surface area contributed by atoms with Gasteiger partial charge in [-0.1, -0.05) is 85.6 Å². The van der Waals surface area contributed by atoms with E-state index in [1.807, 2.05) is 61.5 Å². The molecule has 0 heterocycles. The molecular weight excluding hydrogens is 616 g/mol. The number of sulfonamides is 1. The van der Waals surface area contributed by atoms with Gasteiger partial charge in [-0.3, -0.25) is 24.0 Å². The van der Waals surface area contributed by atoms with E-state index < -0.39 is 33.4 Å². The van der Waals surface area contributed by atoms with Gasteiger partial charge in [-0.05, 0) is 60.7 Å². The molecule has 1 fully saturated rings. The van der Waals surface area contributed by atoms with Crippen LogP contribution in [-0.2, 0) is 32.6 Å². The molecule has 11 heteroatoms. The molecule has 2 amide bonds. The molecule has 0 unspecified atom stereocenters. The summed E-state index contributed by atoms with van der Waals surface area (Å²) in [5.41, 5.74) is 2.46. The van der Waals surface area contributed by atoms with E-state index in [1.54, 1.807) is 18.2 Å². The van der Waals surface area contributed by atoms with Crippen LogP contribution in [0, 0.1) is 17.0 Å². The Morgan fingerprint density at radius 2 is 1.47 bits per heavy atom. The topological polar surface area (TPSA) is 130 Å².